The lowest BCUT2D eigenvalue weighted by Crippen LogP contribution is -2.28. The van der Waals surface area contributed by atoms with Crippen molar-refractivity contribution in [3.8, 4) is 0 Å². The van der Waals surface area contributed by atoms with Crippen LogP contribution in [0.5, 0.6) is 0 Å². The summed E-state index contributed by atoms with van der Waals surface area (Å²) in [4.78, 5) is 24.0. The molecule has 5 heteroatoms. The smallest absolute Gasteiger partial charge is 0.306 e. The second-order valence-corrected chi connectivity index (χ2v) is 11.6. The first kappa shape index (κ1) is 37.9. The van der Waals surface area contributed by atoms with E-state index < -0.39 is 6.10 Å². The Morgan fingerprint density at radius 2 is 0.795 bits per heavy atom. The molecule has 0 heterocycles. The van der Waals surface area contributed by atoms with E-state index in [1.54, 1.807) is 0 Å². The summed E-state index contributed by atoms with van der Waals surface area (Å²) in [6.07, 6.45) is 31.6. The van der Waals surface area contributed by atoms with E-state index in [9.17, 15) is 14.7 Å². The molecule has 0 aliphatic carbocycles. The predicted octanol–water partition coefficient (Wildman–Crippen LogP) is 10.0. The lowest BCUT2D eigenvalue weighted by molar-refractivity contribution is -0.161. The molecular formula is C34H66O5. The van der Waals surface area contributed by atoms with Gasteiger partial charge in [0.15, 0.2) is 6.10 Å². The van der Waals surface area contributed by atoms with Crippen molar-refractivity contribution >= 4 is 11.9 Å². The van der Waals surface area contributed by atoms with Gasteiger partial charge in [0.2, 0.25) is 0 Å². The normalized spacial score (nSPS) is 12.0. The summed E-state index contributed by atoms with van der Waals surface area (Å²) in [5.74, 6) is -0.585. The van der Waals surface area contributed by atoms with Crippen LogP contribution in [0.25, 0.3) is 0 Å². The van der Waals surface area contributed by atoms with Gasteiger partial charge in [0.05, 0.1) is 6.61 Å². The number of rotatable bonds is 31. The zero-order chi connectivity index (χ0) is 28.7. The molecule has 0 radical (unpaired) electrons. The van der Waals surface area contributed by atoms with Crippen molar-refractivity contribution in [1.29, 1.82) is 0 Å². The maximum absolute atomic E-state index is 12.1. The van der Waals surface area contributed by atoms with Gasteiger partial charge in [-0.3, -0.25) is 9.59 Å². The Hall–Kier alpha value is -1.10. The summed E-state index contributed by atoms with van der Waals surface area (Å²) in [5.41, 5.74) is 0. The maximum Gasteiger partial charge on any atom is 0.306 e. The van der Waals surface area contributed by atoms with Crippen LogP contribution in [0.1, 0.15) is 187 Å². The molecule has 0 amide bonds. The van der Waals surface area contributed by atoms with E-state index in [0.29, 0.717) is 12.8 Å². The van der Waals surface area contributed by atoms with Crippen molar-refractivity contribution in [3.05, 3.63) is 0 Å². The molecule has 0 rings (SSSR count). The van der Waals surface area contributed by atoms with Crippen LogP contribution in [-0.4, -0.2) is 36.4 Å². The van der Waals surface area contributed by atoms with Crippen LogP contribution in [0, 0.1) is 0 Å². The van der Waals surface area contributed by atoms with Crippen LogP contribution in [0.4, 0.5) is 0 Å². The molecule has 39 heavy (non-hydrogen) atoms. The van der Waals surface area contributed by atoms with E-state index >= 15 is 0 Å². The molecule has 0 aromatic carbocycles. The van der Waals surface area contributed by atoms with E-state index in [1.807, 2.05) is 0 Å². The third-order valence-electron chi connectivity index (χ3n) is 7.65. The van der Waals surface area contributed by atoms with E-state index in [2.05, 4.69) is 13.8 Å². The summed E-state index contributed by atoms with van der Waals surface area (Å²) >= 11 is 0. The average molecular weight is 555 g/mol. The number of aliphatic hydroxyl groups is 1. The second-order valence-electron chi connectivity index (χ2n) is 11.6. The minimum Gasteiger partial charge on any atom is -0.462 e. The van der Waals surface area contributed by atoms with Gasteiger partial charge in [0.25, 0.3) is 0 Å². The molecule has 0 saturated carbocycles. The van der Waals surface area contributed by atoms with Gasteiger partial charge in [0.1, 0.15) is 6.61 Å². The topological polar surface area (TPSA) is 72.8 Å². The molecule has 0 aliphatic heterocycles. The molecule has 0 spiro atoms. The zero-order valence-electron chi connectivity index (χ0n) is 26.2. The quantitative estimate of drug-likeness (QED) is 0.0681. The van der Waals surface area contributed by atoms with Crippen molar-refractivity contribution in [2.75, 3.05) is 13.2 Å². The summed E-state index contributed by atoms with van der Waals surface area (Å²) in [5, 5.41) is 9.47. The third kappa shape index (κ3) is 29.7. The van der Waals surface area contributed by atoms with Crippen molar-refractivity contribution in [3.63, 3.8) is 0 Å². The highest BCUT2D eigenvalue weighted by atomic mass is 16.6. The fourth-order valence-electron chi connectivity index (χ4n) is 5.02. The molecular weight excluding hydrogens is 488 g/mol. The highest BCUT2D eigenvalue weighted by molar-refractivity contribution is 5.70. The summed E-state index contributed by atoms with van der Waals surface area (Å²) in [7, 11) is 0. The van der Waals surface area contributed by atoms with Crippen molar-refractivity contribution in [1.82, 2.24) is 0 Å². The summed E-state index contributed by atoms with van der Waals surface area (Å²) in [6, 6.07) is 0. The Morgan fingerprint density at radius 1 is 0.487 bits per heavy atom. The number of hydrogen-bond acceptors (Lipinski definition) is 5. The number of aliphatic hydroxyl groups excluding tert-OH is 1. The molecule has 0 aliphatic rings. The van der Waals surface area contributed by atoms with Crippen LogP contribution in [0.15, 0.2) is 0 Å². The third-order valence-corrected chi connectivity index (χ3v) is 7.65. The van der Waals surface area contributed by atoms with Gasteiger partial charge in [-0.05, 0) is 12.8 Å². The van der Waals surface area contributed by atoms with E-state index in [1.165, 1.54) is 122 Å². The molecule has 0 bridgehead atoms. The molecule has 1 N–H and O–H groups in total. The molecule has 1 unspecified atom stereocenters. The van der Waals surface area contributed by atoms with Crippen LogP contribution < -0.4 is 0 Å². The first-order chi connectivity index (χ1) is 19.1. The minimum absolute atomic E-state index is 0.0584. The molecule has 0 fully saturated rings. The van der Waals surface area contributed by atoms with E-state index in [4.69, 9.17) is 9.47 Å². The molecule has 232 valence electrons. The van der Waals surface area contributed by atoms with Gasteiger partial charge in [0, 0.05) is 12.8 Å². The number of carbonyl (C=O) groups excluding carboxylic acids is 2. The minimum atomic E-state index is -0.759. The Bertz CT molecular complexity index is 522. The highest BCUT2D eigenvalue weighted by Gasteiger charge is 2.16. The lowest BCUT2D eigenvalue weighted by atomic mass is 10.0. The van der Waals surface area contributed by atoms with Gasteiger partial charge in [-0.2, -0.15) is 0 Å². The lowest BCUT2D eigenvalue weighted by Gasteiger charge is -2.15. The largest absolute Gasteiger partial charge is 0.462 e. The monoisotopic (exact) mass is 554 g/mol. The van der Waals surface area contributed by atoms with Gasteiger partial charge >= 0.3 is 11.9 Å². The van der Waals surface area contributed by atoms with Crippen molar-refractivity contribution in [2.24, 2.45) is 0 Å². The highest BCUT2D eigenvalue weighted by Crippen LogP contribution is 2.15. The van der Waals surface area contributed by atoms with Gasteiger partial charge < -0.3 is 14.6 Å². The Balaban J connectivity index is 3.49. The predicted molar refractivity (Wildman–Crippen MR) is 164 cm³/mol. The zero-order valence-corrected chi connectivity index (χ0v) is 26.2. The van der Waals surface area contributed by atoms with E-state index in [0.717, 1.165) is 38.5 Å². The number of esters is 2. The standard InChI is InChI=1S/C34H66O5/c1-3-5-7-9-11-13-14-15-16-17-18-19-20-21-23-25-27-29-34(37)39-32(30-35)31-38-33(36)28-26-24-22-12-10-8-6-4-2/h32,35H,3-31H2,1-2H3. The molecule has 0 saturated heterocycles. The first-order valence-corrected chi connectivity index (χ1v) is 17.1. The Kier molecular flexibility index (Phi) is 30.5. The van der Waals surface area contributed by atoms with Gasteiger partial charge in [-0.15, -0.1) is 0 Å². The molecule has 0 aromatic heterocycles. The number of hydrogen-bond donors (Lipinski definition) is 1. The molecule has 0 aromatic rings. The number of carbonyl (C=O) groups is 2. The summed E-state index contributed by atoms with van der Waals surface area (Å²) in [6.45, 7) is 4.11. The fourth-order valence-corrected chi connectivity index (χ4v) is 5.02. The Morgan fingerprint density at radius 3 is 1.13 bits per heavy atom. The average Bonchev–Trinajstić information content (AvgIpc) is 2.94. The van der Waals surface area contributed by atoms with E-state index in [-0.39, 0.29) is 25.2 Å². The molecule has 1 atom stereocenters. The molecule has 5 nitrogen and oxygen atoms in total. The first-order valence-electron chi connectivity index (χ1n) is 17.1. The van der Waals surface area contributed by atoms with Crippen LogP contribution >= 0.6 is 0 Å². The second kappa shape index (κ2) is 31.4. The van der Waals surface area contributed by atoms with Crippen molar-refractivity contribution < 1.29 is 24.2 Å². The maximum atomic E-state index is 12.1. The van der Waals surface area contributed by atoms with Crippen LogP contribution in [0.2, 0.25) is 0 Å². The van der Waals surface area contributed by atoms with Crippen LogP contribution in [-0.2, 0) is 19.1 Å². The van der Waals surface area contributed by atoms with Crippen molar-refractivity contribution in [2.45, 2.75) is 193 Å². The number of unbranched alkanes of at least 4 members (excludes halogenated alkanes) is 23. The fraction of sp³-hybridized carbons (Fsp3) is 0.941. The van der Waals surface area contributed by atoms with Gasteiger partial charge in [-0.25, -0.2) is 0 Å². The Labute approximate surface area is 242 Å². The number of ether oxygens (including phenoxy) is 2. The van der Waals surface area contributed by atoms with Crippen LogP contribution in [0.3, 0.4) is 0 Å². The SMILES string of the molecule is CCCCCCCCCCCCCCCCCCCC(=O)OC(CO)COC(=O)CCCCCCCCCC. The van der Waals surface area contributed by atoms with Gasteiger partial charge in [-0.1, -0.05) is 162 Å². The summed E-state index contributed by atoms with van der Waals surface area (Å²) < 4.78 is 10.5.